The second-order valence-electron chi connectivity index (χ2n) is 4.14. The Morgan fingerprint density at radius 3 is 2.30 bits per heavy atom. The lowest BCUT2D eigenvalue weighted by atomic mass is 10.3. The van der Waals surface area contributed by atoms with Crippen molar-refractivity contribution < 1.29 is 14.2 Å². The van der Waals surface area contributed by atoms with E-state index < -0.39 is 0 Å². The standard InChI is InChI=1S/C16H19NO3/c1-2-18-13-6-5-7-14(12-13)19-10-11-20-16-9-4-3-8-15(16)17/h3-9,12H,2,10-11,17H2,1H3. The Morgan fingerprint density at radius 1 is 0.850 bits per heavy atom. The van der Waals surface area contributed by atoms with Crippen molar-refractivity contribution >= 4 is 5.69 Å². The minimum Gasteiger partial charge on any atom is -0.494 e. The average molecular weight is 273 g/mol. The molecule has 4 heteroatoms. The lowest BCUT2D eigenvalue weighted by Gasteiger charge is -2.10. The Hall–Kier alpha value is -2.36. The Bertz CT molecular complexity index is 543. The van der Waals surface area contributed by atoms with Gasteiger partial charge in [0.05, 0.1) is 12.3 Å². The van der Waals surface area contributed by atoms with Crippen molar-refractivity contribution in [1.82, 2.24) is 0 Å². The van der Waals surface area contributed by atoms with Crippen molar-refractivity contribution in [2.75, 3.05) is 25.6 Å². The molecule has 2 aromatic rings. The van der Waals surface area contributed by atoms with Crippen LogP contribution in [0.2, 0.25) is 0 Å². The summed E-state index contributed by atoms with van der Waals surface area (Å²) in [5.41, 5.74) is 6.42. The number of hydrogen-bond acceptors (Lipinski definition) is 4. The summed E-state index contributed by atoms with van der Waals surface area (Å²) in [6.07, 6.45) is 0. The SMILES string of the molecule is CCOc1cccc(OCCOc2ccccc2N)c1. The van der Waals surface area contributed by atoms with Gasteiger partial charge in [-0.25, -0.2) is 0 Å². The Morgan fingerprint density at radius 2 is 1.55 bits per heavy atom. The van der Waals surface area contributed by atoms with Crippen LogP contribution in [0.1, 0.15) is 6.92 Å². The van der Waals surface area contributed by atoms with E-state index >= 15 is 0 Å². The first-order valence-corrected chi connectivity index (χ1v) is 6.62. The maximum atomic E-state index is 5.78. The normalized spacial score (nSPS) is 10.1. The number of nitrogen functional groups attached to an aromatic ring is 1. The Kier molecular flexibility index (Phi) is 5.12. The molecule has 0 bridgehead atoms. The van der Waals surface area contributed by atoms with Gasteiger partial charge in [0.25, 0.3) is 0 Å². The third-order valence-corrected chi connectivity index (χ3v) is 2.65. The van der Waals surface area contributed by atoms with E-state index in [9.17, 15) is 0 Å². The van der Waals surface area contributed by atoms with Gasteiger partial charge in [0.1, 0.15) is 30.5 Å². The molecular formula is C16H19NO3. The van der Waals surface area contributed by atoms with Crippen LogP contribution in [0.3, 0.4) is 0 Å². The zero-order chi connectivity index (χ0) is 14.2. The summed E-state index contributed by atoms with van der Waals surface area (Å²) in [6, 6.07) is 15.0. The van der Waals surface area contributed by atoms with Gasteiger partial charge in [-0.2, -0.15) is 0 Å². The van der Waals surface area contributed by atoms with Gasteiger partial charge in [0.2, 0.25) is 0 Å². The first kappa shape index (κ1) is 14.1. The minimum atomic E-state index is 0.438. The summed E-state index contributed by atoms with van der Waals surface area (Å²) in [5.74, 6) is 2.25. The van der Waals surface area contributed by atoms with Crippen LogP contribution in [0.5, 0.6) is 17.2 Å². The molecule has 0 aliphatic carbocycles. The van der Waals surface area contributed by atoms with E-state index in [1.165, 1.54) is 0 Å². The highest BCUT2D eigenvalue weighted by molar-refractivity contribution is 5.51. The van der Waals surface area contributed by atoms with Crippen molar-refractivity contribution in [3.8, 4) is 17.2 Å². The van der Waals surface area contributed by atoms with E-state index in [0.717, 1.165) is 11.5 Å². The molecule has 2 N–H and O–H groups in total. The summed E-state index contributed by atoms with van der Waals surface area (Å²) >= 11 is 0. The molecule has 0 saturated carbocycles. The zero-order valence-corrected chi connectivity index (χ0v) is 11.5. The largest absolute Gasteiger partial charge is 0.494 e. The molecule has 20 heavy (non-hydrogen) atoms. The molecule has 106 valence electrons. The van der Waals surface area contributed by atoms with Crippen LogP contribution >= 0.6 is 0 Å². The molecule has 0 unspecified atom stereocenters. The number of para-hydroxylation sites is 2. The molecule has 0 amide bonds. The summed E-state index contributed by atoms with van der Waals surface area (Å²) in [7, 11) is 0. The van der Waals surface area contributed by atoms with Crippen LogP contribution in [-0.2, 0) is 0 Å². The van der Waals surface area contributed by atoms with Gasteiger partial charge in [-0.15, -0.1) is 0 Å². The van der Waals surface area contributed by atoms with E-state index in [2.05, 4.69) is 0 Å². The monoisotopic (exact) mass is 273 g/mol. The van der Waals surface area contributed by atoms with E-state index in [1.54, 1.807) is 0 Å². The Labute approximate surface area is 119 Å². The molecule has 0 saturated heterocycles. The molecule has 0 heterocycles. The molecule has 0 spiro atoms. The lowest BCUT2D eigenvalue weighted by Crippen LogP contribution is -2.09. The topological polar surface area (TPSA) is 53.7 Å². The van der Waals surface area contributed by atoms with Crippen molar-refractivity contribution in [2.45, 2.75) is 6.92 Å². The van der Waals surface area contributed by atoms with E-state index in [0.29, 0.717) is 31.3 Å². The molecule has 0 radical (unpaired) electrons. The third-order valence-electron chi connectivity index (χ3n) is 2.65. The number of nitrogens with two attached hydrogens (primary N) is 1. The van der Waals surface area contributed by atoms with Crippen molar-refractivity contribution in [3.63, 3.8) is 0 Å². The predicted molar refractivity (Wildman–Crippen MR) is 79.5 cm³/mol. The molecular weight excluding hydrogens is 254 g/mol. The number of hydrogen-bond donors (Lipinski definition) is 1. The van der Waals surface area contributed by atoms with Crippen LogP contribution in [0.4, 0.5) is 5.69 Å². The Balaban J connectivity index is 1.78. The van der Waals surface area contributed by atoms with Gasteiger partial charge < -0.3 is 19.9 Å². The van der Waals surface area contributed by atoms with Crippen molar-refractivity contribution in [1.29, 1.82) is 0 Å². The van der Waals surface area contributed by atoms with Crippen LogP contribution < -0.4 is 19.9 Å². The average Bonchev–Trinajstić information content (AvgIpc) is 2.46. The van der Waals surface area contributed by atoms with E-state index in [1.807, 2.05) is 55.5 Å². The van der Waals surface area contributed by atoms with Gasteiger partial charge in [-0.3, -0.25) is 0 Å². The highest BCUT2D eigenvalue weighted by atomic mass is 16.5. The summed E-state index contributed by atoms with van der Waals surface area (Å²) in [5, 5.41) is 0. The van der Waals surface area contributed by atoms with Crippen LogP contribution in [0.15, 0.2) is 48.5 Å². The smallest absolute Gasteiger partial charge is 0.142 e. The fraction of sp³-hybridized carbons (Fsp3) is 0.250. The number of ether oxygens (including phenoxy) is 3. The van der Waals surface area contributed by atoms with Crippen LogP contribution in [0.25, 0.3) is 0 Å². The van der Waals surface area contributed by atoms with E-state index in [4.69, 9.17) is 19.9 Å². The summed E-state index contributed by atoms with van der Waals surface area (Å²) in [6.45, 7) is 3.47. The molecule has 0 atom stereocenters. The van der Waals surface area contributed by atoms with E-state index in [-0.39, 0.29) is 0 Å². The molecule has 0 aliphatic heterocycles. The minimum absolute atomic E-state index is 0.438. The number of rotatable bonds is 7. The maximum absolute atomic E-state index is 5.78. The van der Waals surface area contributed by atoms with Gasteiger partial charge in [0.15, 0.2) is 0 Å². The molecule has 2 rings (SSSR count). The number of anilines is 1. The van der Waals surface area contributed by atoms with Gasteiger partial charge in [0, 0.05) is 6.07 Å². The summed E-state index contributed by atoms with van der Waals surface area (Å²) in [4.78, 5) is 0. The predicted octanol–water partition coefficient (Wildman–Crippen LogP) is 3.13. The molecule has 2 aromatic carbocycles. The molecule has 0 aromatic heterocycles. The van der Waals surface area contributed by atoms with Crippen molar-refractivity contribution in [3.05, 3.63) is 48.5 Å². The summed E-state index contributed by atoms with van der Waals surface area (Å²) < 4.78 is 16.6. The molecule has 4 nitrogen and oxygen atoms in total. The molecule has 0 aliphatic rings. The van der Waals surface area contributed by atoms with Crippen LogP contribution in [-0.4, -0.2) is 19.8 Å². The first-order chi connectivity index (χ1) is 9.79. The quantitative estimate of drug-likeness (QED) is 0.622. The third kappa shape index (κ3) is 4.09. The highest BCUT2D eigenvalue weighted by Crippen LogP contribution is 2.21. The highest BCUT2D eigenvalue weighted by Gasteiger charge is 2.00. The maximum Gasteiger partial charge on any atom is 0.142 e. The number of benzene rings is 2. The fourth-order valence-corrected chi connectivity index (χ4v) is 1.74. The first-order valence-electron chi connectivity index (χ1n) is 6.62. The van der Waals surface area contributed by atoms with Gasteiger partial charge >= 0.3 is 0 Å². The van der Waals surface area contributed by atoms with Crippen LogP contribution in [0, 0.1) is 0 Å². The second-order valence-corrected chi connectivity index (χ2v) is 4.14. The lowest BCUT2D eigenvalue weighted by molar-refractivity contribution is 0.217. The molecule has 0 fully saturated rings. The zero-order valence-electron chi connectivity index (χ0n) is 11.5. The van der Waals surface area contributed by atoms with Crippen molar-refractivity contribution in [2.24, 2.45) is 0 Å². The fourth-order valence-electron chi connectivity index (χ4n) is 1.74. The second kappa shape index (κ2) is 7.28. The van der Waals surface area contributed by atoms with Gasteiger partial charge in [-0.1, -0.05) is 18.2 Å². The van der Waals surface area contributed by atoms with Gasteiger partial charge in [-0.05, 0) is 31.2 Å².